The lowest BCUT2D eigenvalue weighted by Gasteiger charge is -2.36. The van der Waals surface area contributed by atoms with Crippen LogP contribution in [0.15, 0.2) is 34.9 Å². The Morgan fingerprint density at radius 2 is 1.91 bits per heavy atom. The van der Waals surface area contributed by atoms with Gasteiger partial charge >= 0.3 is 6.03 Å². The molecule has 2 fully saturated rings. The number of benzene rings is 2. The molecule has 2 atom stereocenters. The first kappa shape index (κ1) is 21.7. The lowest BCUT2D eigenvalue weighted by Crippen LogP contribution is -2.52. The molecule has 2 amide bonds. The lowest BCUT2D eigenvalue weighted by atomic mass is 9.99. The van der Waals surface area contributed by atoms with Crippen molar-refractivity contribution in [3.63, 3.8) is 0 Å². The van der Waals surface area contributed by atoms with E-state index in [9.17, 15) is 26.4 Å². The summed E-state index contributed by atoms with van der Waals surface area (Å²) >= 11 is 0. The highest BCUT2D eigenvalue weighted by Gasteiger charge is 2.43. The fourth-order valence-corrected chi connectivity index (χ4v) is 5.47. The summed E-state index contributed by atoms with van der Waals surface area (Å²) < 4.78 is 74.3. The molecule has 0 radical (unpaired) electrons. The zero-order valence-electron chi connectivity index (χ0n) is 17.4. The number of nitrogens with one attached hydrogen (secondary N) is 1. The summed E-state index contributed by atoms with van der Waals surface area (Å²) in [5, 5.41) is 4.04. The summed E-state index contributed by atoms with van der Waals surface area (Å²) in [7, 11) is -3.44. The second kappa shape index (κ2) is 7.73. The summed E-state index contributed by atoms with van der Waals surface area (Å²) in [6, 6.07) is 4.30. The third-order valence-electron chi connectivity index (χ3n) is 5.97. The maximum atomic E-state index is 14.5. The molecule has 2 aliphatic heterocycles. The monoisotopic (exact) mass is 480 g/mol. The maximum Gasteiger partial charge on any atom is 0.326 e. The average molecular weight is 480 g/mol. The van der Waals surface area contributed by atoms with Gasteiger partial charge in [-0.15, -0.1) is 0 Å². The van der Waals surface area contributed by atoms with Crippen molar-refractivity contribution >= 4 is 32.8 Å². The third-order valence-corrected chi connectivity index (χ3v) is 6.73. The van der Waals surface area contributed by atoms with Crippen molar-refractivity contribution in [3.8, 4) is 11.1 Å². The number of carbonyl (C=O) groups excluding carboxylic acids is 1. The van der Waals surface area contributed by atoms with Crippen molar-refractivity contribution in [2.75, 3.05) is 24.2 Å². The van der Waals surface area contributed by atoms with E-state index in [-0.39, 0.29) is 41.5 Å². The number of anilines is 1. The predicted octanol–water partition coefficient (Wildman–Crippen LogP) is 3.23. The first-order valence-corrected chi connectivity index (χ1v) is 12.1. The molecule has 0 saturated carbocycles. The number of halogens is 3. The Morgan fingerprint density at radius 1 is 1.18 bits per heavy atom. The van der Waals surface area contributed by atoms with Gasteiger partial charge in [0, 0.05) is 36.8 Å². The second-order valence-electron chi connectivity index (χ2n) is 8.28. The van der Waals surface area contributed by atoms with Crippen LogP contribution in [0.4, 0.5) is 23.8 Å². The predicted molar refractivity (Wildman–Crippen MR) is 114 cm³/mol. The molecule has 2 aliphatic rings. The van der Waals surface area contributed by atoms with E-state index >= 15 is 0 Å². The third kappa shape index (κ3) is 3.82. The fraction of sp³-hybridized carbons (Fsp3) is 0.333. The van der Waals surface area contributed by atoms with E-state index in [1.54, 1.807) is 4.90 Å². The van der Waals surface area contributed by atoms with Gasteiger partial charge in [-0.05, 0) is 31.0 Å². The van der Waals surface area contributed by atoms with E-state index in [2.05, 4.69) is 9.88 Å². The van der Waals surface area contributed by atoms with Crippen LogP contribution in [0.25, 0.3) is 22.1 Å². The van der Waals surface area contributed by atoms with Crippen LogP contribution in [-0.2, 0) is 10.0 Å². The largest absolute Gasteiger partial charge is 0.354 e. The van der Waals surface area contributed by atoms with Gasteiger partial charge in [0.05, 0.1) is 17.2 Å². The van der Waals surface area contributed by atoms with Crippen molar-refractivity contribution < 1.29 is 30.9 Å². The lowest BCUT2D eigenvalue weighted by molar-refractivity contribution is 0.185. The van der Waals surface area contributed by atoms with E-state index in [4.69, 9.17) is 4.52 Å². The van der Waals surface area contributed by atoms with Crippen LogP contribution in [0.2, 0.25) is 0 Å². The molecule has 0 spiro atoms. The molecule has 8 nitrogen and oxygen atoms in total. The van der Waals surface area contributed by atoms with Gasteiger partial charge < -0.3 is 9.42 Å². The van der Waals surface area contributed by atoms with Crippen molar-refractivity contribution in [2.24, 2.45) is 0 Å². The molecule has 1 N–H and O–H groups in total. The molecule has 3 heterocycles. The summed E-state index contributed by atoms with van der Waals surface area (Å²) in [6.45, 7) is 0.399. The molecule has 12 heteroatoms. The van der Waals surface area contributed by atoms with Crippen LogP contribution in [0.5, 0.6) is 0 Å². The summed E-state index contributed by atoms with van der Waals surface area (Å²) in [6.07, 6.45) is 2.05. The van der Waals surface area contributed by atoms with Gasteiger partial charge in [0.1, 0.15) is 17.5 Å². The Bertz CT molecular complexity index is 1360. The summed E-state index contributed by atoms with van der Waals surface area (Å²) in [5.74, 6) is -2.55. The maximum absolute atomic E-state index is 14.5. The number of hydrogen-bond donors (Lipinski definition) is 1. The Labute approximate surface area is 187 Å². The highest BCUT2D eigenvalue weighted by molar-refractivity contribution is 7.88. The number of urea groups is 1. The number of rotatable bonds is 4. The number of aromatic nitrogens is 1. The normalized spacial score (nSPS) is 21.2. The minimum absolute atomic E-state index is 0.0191. The first-order chi connectivity index (χ1) is 15.6. The van der Waals surface area contributed by atoms with Crippen molar-refractivity contribution in [2.45, 2.75) is 24.9 Å². The standard InChI is InChI=1S/C21H19F3N4O4S/c1-33(30,31)26-12-9-13-5-6-27(21(29)28(13)10-12)20-19-14(7-11(22)8-17(19)32-25-20)18-15(23)3-2-4-16(18)24/h2-4,7-8,12-13,26H,5-6,9-10H2,1H3/t12-,13+/m0/s1. The molecule has 5 rings (SSSR count). The van der Waals surface area contributed by atoms with Gasteiger partial charge in [-0.2, -0.15) is 0 Å². The number of sulfonamides is 1. The fourth-order valence-electron chi connectivity index (χ4n) is 4.70. The molecule has 3 aromatic rings. The van der Waals surface area contributed by atoms with Gasteiger partial charge in [-0.25, -0.2) is 31.1 Å². The van der Waals surface area contributed by atoms with Gasteiger partial charge in [0.15, 0.2) is 11.4 Å². The van der Waals surface area contributed by atoms with Crippen molar-refractivity contribution in [3.05, 3.63) is 47.8 Å². The SMILES string of the molecule is CS(=O)(=O)N[C@H]1C[C@H]2CCN(c3noc4cc(F)cc(-c5c(F)cccc5F)c34)C(=O)N2C1. The van der Waals surface area contributed by atoms with Crippen molar-refractivity contribution in [1.29, 1.82) is 0 Å². The number of amides is 2. The first-order valence-electron chi connectivity index (χ1n) is 10.2. The van der Waals surface area contributed by atoms with Crippen LogP contribution in [0.3, 0.4) is 0 Å². The van der Waals surface area contributed by atoms with Crippen LogP contribution in [0, 0.1) is 17.5 Å². The van der Waals surface area contributed by atoms with Gasteiger partial charge in [0.25, 0.3) is 0 Å². The molecular weight excluding hydrogens is 461 g/mol. The Hall–Kier alpha value is -3.12. The number of nitrogens with zero attached hydrogens (tertiary/aromatic N) is 3. The molecule has 1 aromatic heterocycles. The quantitative estimate of drug-likeness (QED) is 0.619. The molecule has 2 saturated heterocycles. The Balaban J connectivity index is 1.56. The van der Waals surface area contributed by atoms with Crippen LogP contribution in [-0.4, -0.2) is 55.9 Å². The van der Waals surface area contributed by atoms with Crippen LogP contribution < -0.4 is 9.62 Å². The van der Waals surface area contributed by atoms with Crippen LogP contribution in [0.1, 0.15) is 12.8 Å². The minimum atomic E-state index is -3.44. The molecule has 33 heavy (non-hydrogen) atoms. The smallest absolute Gasteiger partial charge is 0.326 e. The van der Waals surface area contributed by atoms with E-state index in [1.807, 2.05) is 0 Å². The molecule has 0 unspecified atom stereocenters. The molecule has 174 valence electrons. The van der Waals surface area contributed by atoms with Crippen molar-refractivity contribution in [1.82, 2.24) is 14.8 Å². The molecule has 2 aromatic carbocycles. The minimum Gasteiger partial charge on any atom is -0.354 e. The molecule has 0 bridgehead atoms. The second-order valence-corrected chi connectivity index (χ2v) is 10.1. The zero-order valence-corrected chi connectivity index (χ0v) is 18.2. The average Bonchev–Trinajstić information content (AvgIpc) is 3.31. The van der Waals surface area contributed by atoms with Gasteiger partial charge in [0.2, 0.25) is 10.0 Å². The van der Waals surface area contributed by atoms with E-state index in [0.717, 1.165) is 30.5 Å². The number of carbonyl (C=O) groups is 1. The van der Waals surface area contributed by atoms with E-state index in [1.165, 1.54) is 11.0 Å². The van der Waals surface area contributed by atoms with Gasteiger partial charge in [-0.1, -0.05) is 11.2 Å². The highest BCUT2D eigenvalue weighted by atomic mass is 32.2. The van der Waals surface area contributed by atoms with E-state index in [0.29, 0.717) is 12.8 Å². The Morgan fingerprint density at radius 3 is 2.61 bits per heavy atom. The number of fused-ring (bicyclic) bond motifs is 2. The molecular formula is C21H19F3N4O4S. The summed E-state index contributed by atoms with van der Waals surface area (Å²) in [4.78, 5) is 16.1. The molecule has 0 aliphatic carbocycles. The Kier molecular flexibility index (Phi) is 5.09. The van der Waals surface area contributed by atoms with E-state index < -0.39 is 45.1 Å². The highest BCUT2D eigenvalue weighted by Crippen LogP contribution is 2.40. The number of hydrogen-bond acceptors (Lipinski definition) is 5. The summed E-state index contributed by atoms with van der Waals surface area (Å²) in [5.41, 5.74) is -0.632. The van der Waals surface area contributed by atoms with Crippen LogP contribution >= 0.6 is 0 Å². The van der Waals surface area contributed by atoms with Gasteiger partial charge in [-0.3, -0.25) is 4.90 Å². The zero-order chi connectivity index (χ0) is 23.5. The topological polar surface area (TPSA) is 95.7 Å².